The van der Waals surface area contributed by atoms with Crippen LogP contribution in [0.15, 0.2) is 120 Å². The van der Waals surface area contributed by atoms with Crippen molar-refractivity contribution in [1.82, 2.24) is 24.4 Å². The zero-order valence-corrected chi connectivity index (χ0v) is 44.5. The minimum absolute atomic E-state index is 0.0912. The molecule has 0 radical (unpaired) electrons. The lowest BCUT2D eigenvalue weighted by atomic mass is 9.97. The van der Waals surface area contributed by atoms with Gasteiger partial charge in [0.2, 0.25) is 5.91 Å². The van der Waals surface area contributed by atoms with Crippen molar-refractivity contribution in [3.8, 4) is 22.3 Å². The summed E-state index contributed by atoms with van der Waals surface area (Å²) in [5.41, 5.74) is 14.0. The molecule has 0 aliphatic carbocycles. The maximum atomic E-state index is 13.6. The molecule has 4 aromatic heterocycles. The molecule has 1 amide bonds. The van der Waals surface area contributed by atoms with Gasteiger partial charge in [-0.3, -0.25) is 33.9 Å². The second-order valence-electron chi connectivity index (χ2n) is 18.6. The average molecular weight is 1040 g/mol. The summed E-state index contributed by atoms with van der Waals surface area (Å²) in [4.78, 5) is 81.2. The highest BCUT2D eigenvalue weighted by Crippen LogP contribution is 2.34. The summed E-state index contributed by atoms with van der Waals surface area (Å²) >= 11 is 12.7. The number of hydrogen-bond donors (Lipinski definition) is 3. The Bertz CT molecular complexity index is 2950. The van der Waals surface area contributed by atoms with Gasteiger partial charge in [-0.2, -0.15) is 0 Å². The molecule has 4 N–H and O–H groups in total. The third-order valence-corrected chi connectivity index (χ3v) is 12.4. The number of pyridine rings is 4. The Morgan fingerprint density at radius 1 is 0.644 bits per heavy atom. The van der Waals surface area contributed by atoms with Crippen LogP contribution in [0, 0.1) is 39.5 Å². The van der Waals surface area contributed by atoms with Crippen LogP contribution < -0.4 is 22.2 Å². The van der Waals surface area contributed by atoms with Crippen LogP contribution in [0.25, 0.3) is 22.3 Å². The van der Waals surface area contributed by atoms with Crippen LogP contribution in [0.1, 0.15) is 111 Å². The van der Waals surface area contributed by atoms with Crippen LogP contribution in [0.2, 0.25) is 10.0 Å². The Kier molecular flexibility index (Phi) is 22.3. The van der Waals surface area contributed by atoms with Crippen LogP contribution in [0.3, 0.4) is 0 Å². The lowest BCUT2D eigenvalue weighted by Gasteiger charge is -2.25. The second kappa shape index (κ2) is 27.8. The molecule has 0 aliphatic heterocycles. The van der Waals surface area contributed by atoms with Crippen LogP contribution in [0.5, 0.6) is 0 Å². The smallest absolute Gasteiger partial charge is 0.326 e. The van der Waals surface area contributed by atoms with Gasteiger partial charge in [0, 0.05) is 87.7 Å². The van der Waals surface area contributed by atoms with Crippen molar-refractivity contribution in [1.29, 1.82) is 0 Å². The Balaban J connectivity index is 0.000000263. The number of carboxylic acid groups (broad SMARTS) is 1. The fourth-order valence-electron chi connectivity index (χ4n) is 7.99. The predicted octanol–water partition coefficient (Wildman–Crippen LogP) is 10.3. The number of methoxy groups -OCH3 is 2. The van der Waals surface area contributed by atoms with Crippen molar-refractivity contribution in [2.75, 3.05) is 14.2 Å². The number of nitrogens with two attached hydrogens (primary N) is 1. The number of nitrogens with one attached hydrogen (secondary N) is 1. The maximum Gasteiger partial charge on any atom is 0.326 e. The molecule has 17 heteroatoms. The van der Waals surface area contributed by atoms with E-state index < -0.39 is 36.1 Å². The van der Waals surface area contributed by atoms with E-state index in [1.54, 1.807) is 55.4 Å². The quantitative estimate of drug-likeness (QED) is 0.0728. The monoisotopic (exact) mass is 1040 g/mol. The number of hydrogen-bond acceptors (Lipinski definition) is 11. The van der Waals surface area contributed by atoms with Gasteiger partial charge in [0.15, 0.2) is 0 Å². The zero-order chi connectivity index (χ0) is 54.1. The minimum atomic E-state index is -0.959. The third-order valence-electron chi connectivity index (χ3n) is 11.8. The highest BCUT2D eigenvalue weighted by atomic mass is 35.5. The fraction of sp³-hybridized carbons (Fsp3) is 0.357. The molecule has 0 fully saturated rings. The maximum absolute atomic E-state index is 13.6. The first-order chi connectivity index (χ1) is 34.5. The summed E-state index contributed by atoms with van der Waals surface area (Å²) < 4.78 is 12.3. The minimum Gasteiger partial charge on any atom is -0.480 e. The van der Waals surface area contributed by atoms with Gasteiger partial charge in [-0.05, 0) is 122 Å². The summed E-state index contributed by atoms with van der Waals surface area (Å²) in [5.74, 6) is -1.76. The van der Waals surface area contributed by atoms with E-state index >= 15 is 0 Å². The van der Waals surface area contributed by atoms with E-state index in [2.05, 4.69) is 20.0 Å². The van der Waals surface area contributed by atoms with Gasteiger partial charge in [-0.15, -0.1) is 0 Å². The first-order valence-corrected chi connectivity index (χ1v) is 24.5. The van der Waals surface area contributed by atoms with Gasteiger partial charge < -0.3 is 34.8 Å². The molecule has 0 spiro atoms. The number of aliphatic carboxylic acids is 1. The summed E-state index contributed by atoms with van der Waals surface area (Å²) in [6, 6.07) is 19.0. The molecule has 0 saturated heterocycles. The van der Waals surface area contributed by atoms with E-state index in [1.165, 1.54) is 35.5 Å². The van der Waals surface area contributed by atoms with Crippen LogP contribution in [-0.2, 0) is 28.7 Å². The Morgan fingerprint density at radius 3 is 1.52 bits per heavy atom. The van der Waals surface area contributed by atoms with Crippen molar-refractivity contribution in [2.45, 2.75) is 105 Å². The number of halogens is 2. The predicted molar refractivity (Wildman–Crippen MR) is 285 cm³/mol. The Labute approximate surface area is 436 Å². The van der Waals surface area contributed by atoms with E-state index in [0.29, 0.717) is 28.5 Å². The number of carbonyl (C=O) groups is 4. The third kappa shape index (κ3) is 17.1. The Morgan fingerprint density at radius 2 is 1.08 bits per heavy atom. The average Bonchev–Trinajstić information content (AvgIpc) is 3.33. The van der Waals surface area contributed by atoms with E-state index in [-0.39, 0.29) is 47.7 Å². The molecule has 0 saturated carbocycles. The fourth-order valence-corrected chi connectivity index (χ4v) is 8.66. The molecular weight excluding hydrogens is 972 g/mol. The molecule has 0 aliphatic rings. The number of carbonyl (C=O) groups excluding carboxylic acids is 3. The molecule has 4 heterocycles. The topological polar surface area (TPSA) is 215 Å². The van der Waals surface area contributed by atoms with Crippen molar-refractivity contribution < 1.29 is 33.8 Å². The summed E-state index contributed by atoms with van der Waals surface area (Å²) in [5, 5.41) is 13.3. The van der Waals surface area contributed by atoms with Crippen molar-refractivity contribution in [3.63, 3.8) is 0 Å². The Hall–Kier alpha value is -6.94. The highest BCUT2D eigenvalue weighted by molar-refractivity contribution is 6.34. The second-order valence-corrected chi connectivity index (χ2v) is 19.4. The number of rotatable bonds is 17. The van der Waals surface area contributed by atoms with Gasteiger partial charge in [0.1, 0.15) is 12.1 Å². The lowest BCUT2D eigenvalue weighted by Crippen LogP contribution is -2.40. The number of aromatic nitrogens is 4. The van der Waals surface area contributed by atoms with Crippen molar-refractivity contribution in [2.24, 2.45) is 17.6 Å². The van der Waals surface area contributed by atoms with Crippen molar-refractivity contribution in [3.05, 3.63) is 174 Å². The summed E-state index contributed by atoms with van der Waals surface area (Å²) in [7, 11) is 2.65. The van der Waals surface area contributed by atoms with Gasteiger partial charge >= 0.3 is 17.9 Å². The zero-order valence-electron chi connectivity index (χ0n) is 43.0. The van der Waals surface area contributed by atoms with E-state index in [4.69, 9.17) is 38.8 Å². The molecule has 73 heavy (non-hydrogen) atoms. The summed E-state index contributed by atoms with van der Waals surface area (Å²) in [6.07, 6.45) is 10.8. The molecule has 6 rings (SSSR count). The van der Waals surface area contributed by atoms with Gasteiger partial charge in [0.05, 0.1) is 33.1 Å². The number of benzene rings is 2. The van der Waals surface area contributed by atoms with Crippen LogP contribution in [0.4, 0.5) is 0 Å². The van der Waals surface area contributed by atoms with Crippen LogP contribution in [-0.4, -0.2) is 62.2 Å². The van der Waals surface area contributed by atoms with Gasteiger partial charge in [-0.25, -0.2) is 4.79 Å². The molecule has 388 valence electrons. The first kappa shape index (κ1) is 58.6. The van der Waals surface area contributed by atoms with Crippen molar-refractivity contribution >= 4 is 47.0 Å². The largest absolute Gasteiger partial charge is 0.480 e. The first-order valence-electron chi connectivity index (χ1n) is 23.8. The van der Waals surface area contributed by atoms with Crippen LogP contribution >= 0.6 is 23.2 Å². The number of aryl methyl sites for hydroxylation is 4. The number of nitrogens with zero attached hydrogens (tertiary/aromatic N) is 4. The molecular formula is C56H66Cl2N6O9. The normalized spacial score (nSPS) is 12.5. The molecule has 6 aromatic rings. The van der Waals surface area contributed by atoms with E-state index in [1.807, 2.05) is 97.9 Å². The number of esters is 2. The van der Waals surface area contributed by atoms with Gasteiger partial charge in [0.25, 0.3) is 11.1 Å². The number of ether oxygens (including phenoxy) is 2. The number of amides is 1. The lowest BCUT2D eigenvalue weighted by molar-refractivity contribution is -0.142. The van der Waals surface area contributed by atoms with E-state index in [0.717, 1.165) is 50.1 Å². The molecule has 4 atom stereocenters. The molecule has 2 aromatic carbocycles. The molecule has 2 unspecified atom stereocenters. The molecule has 15 nitrogen and oxygen atoms in total. The number of carboxylic acids is 1. The standard InChI is InChI=1S/C28H32ClN3O4.C16H17ClN2O2.C12H17NO3/c1-17(2)11-24(32-10-9-18(3)12-25(32)33)28(35)31-23(14-26(34)36-5)20-13-21(16-30-15-20)27-19(4)7-6-8-22(27)29;1-10-4-3-5-13(17)16(10)12-6-11(8-19-9-12)14(18)7-15(20)21-2;1-8(2)6-10(12(15)16)13-5-4-9(3)7-11(13)14/h6-10,12-13,15-17,23-24H,11,14H2,1-5H3,(H,31,35);3-6,8-9,14H,7,18H2,1-2H3;4-5,7-8,10H,6H2,1-3H3,(H,15,16)/t23-,24?;14-;/m00./s1. The summed E-state index contributed by atoms with van der Waals surface area (Å²) in [6.45, 7) is 15.4. The van der Waals surface area contributed by atoms with Gasteiger partial charge in [-0.1, -0.05) is 75.2 Å². The van der Waals surface area contributed by atoms with E-state index in [9.17, 15) is 28.8 Å². The molecule has 0 bridgehead atoms. The highest BCUT2D eigenvalue weighted by Gasteiger charge is 2.28. The SMILES string of the molecule is COC(=O)C[C@H](N)c1cncc(-c2c(C)cccc2Cl)c1.COC(=O)C[C@H](NC(=O)C(CC(C)C)n1ccc(C)cc1=O)c1cncc(-c2c(C)cccc2Cl)c1.Cc1ccn(C(CC(C)C)C(=O)O)c(=O)c1.